The van der Waals surface area contributed by atoms with Gasteiger partial charge < -0.3 is 14.8 Å². The molecule has 0 aromatic carbocycles. The monoisotopic (exact) mass is 258 g/mol. The molecule has 0 fully saturated rings. The van der Waals surface area contributed by atoms with Crippen molar-refractivity contribution in [3.63, 3.8) is 0 Å². The molecule has 3 aromatic rings. The van der Waals surface area contributed by atoms with Crippen molar-refractivity contribution in [2.45, 2.75) is 13.8 Å². The van der Waals surface area contributed by atoms with Gasteiger partial charge in [-0.2, -0.15) is 0 Å². The van der Waals surface area contributed by atoms with E-state index in [0.29, 0.717) is 23.7 Å². The summed E-state index contributed by atoms with van der Waals surface area (Å²) >= 11 is 0. The summed E-state index contributed by atoms with van der Waals surface area (Å²) in [5, 5.41) is 12.8. The zero-order valence-corrected chi connectivity index (χ0v) is 10.8. The molecule has 0 aliphatic rings. The number of aliphatic hydroxyl groups is 1. The van der Waals surface area contributed by atoms with Crippen molar-refractivity contribution in [2.24, 2.45) is 0 Å². The van der Waals surface area contributed by atoms with Gasteiger partial charge in [-0.1, -0.05) is 0 Å². The number of hydrogen-bond donors (Lipinski definition) is 2. The van der Waals surface area contributed by atoms with Crippen LogP contribution in [0.15, 0.2) is 16.8 Å². The maximum Gasteiger partial charge on any atom is 0.229 e. The van der Waals surface area contributed by atoms with E-state index in [4.69, 9.17) is 9.52 Å². The quantitative estimate of drug-likeness (QED) is 0.745. The third-order valence-corrected chi connectivity index (χ3v) is 3.09. The number of pyridine rings is 1. The van der Waals surface area contributed by atoms with Crippen LogP contribution in [0.3, 0.4) is 0 Å². The number of furan rings is 1. The van der Waals surface area contributed by atoms with Gasteiger partial charge in [0.2, 0.25) is 5.71 Å². The zero-order valence-electron chi connectivity index (χ0n) is 10.8. The summed E-state index contributed by atoms with van der Waals surface area (Å²) in [5.41, 5.74) is 3.90. The summed E-state index contributed by atoms with van der Waals surface area (Å²) in [5.74, 6) is 0.576. The van der Waals surface area contributed by atoms with E-state index >= 15 is 0 Å². The third-order valence-electron chi connectivity index (χ3n) is 3.09. The first-order chi connectivity index (χ1) is 9.20. The summed E-state index contributed by atoms with van der Waals surface area (Å²) in [6.45, 7) is 4.39. The van der Waals surface area contributed by atoms with E-state index < -0.39 is 0 Å². The van der Waals surface area contributed by atoms with E-state index in [1.54, 1.807) is 0 Å². The Morgan fingerprint density at radius 2 is 2.16 bits per heavy atom. The van der Waals surface area contributed by atoms with Gasteiger partial charge in [-0.15, -0.1) is 0 Å². The van der Waals surface area contributed by atoms with E-state index in [-0.39, 0.29) is 6.61 Å². The van der Waals surface area contributed by atoms with E-state index in [9.17, 15) is 0 Å². The van der Waals surface area contributed by atoms with Crippen molar-refractivity contribution in [2.75, 3.05) is 18.5 Å². The van der Waals surface area contributed by atoms with Gasteiger partial charge in [0.15, 0.2) is 11.4 Å². The van der Waals surface area contributed by atoms with Crippen LogP contribution in [0.1, 0.15) is 11.3 Å². The molecule has 0 aliphatic heterocycles. The normalized spacial score (nSPS) is 11.3. The molecule has 0 radical (unpaired) electrons. The first-order valence-electron chi connectivity index (χ1n) is 6.07. The van der Waals surface area contributed by atoms with Crippen LogP contribution in [-0.2, 0) is 0 Å². The van der Waals surface area contributed by atoms with Crippen molar-refractivity contribution >= 4 is 28.0 Å². The molecule has 2 N–H and O–H groups in total. The molecule has 3 rings (SSSR count). The van der Waals surface area contributed by atoms with E-state index in [2.05, 4.69) is 20.3 Å². The van der Waals surface area contributed by atoms with Gasteiger partial charge in [-0.3, -0.25) is 0 Å². The Bertz CT molecular complexity index is 751. The summed E-state index contributed by atoms with van der Waals surface area (Å²) in [6.07, 6.45) is 1.48. The molecule has 0 unspecified atom stereocenters. The molecule has 0 atom stereocenters. The first kappa shape index (κ1) is 11.9. The summed E-state index contributed by atoms with van der Waals surface area (Å²) in [7, 11) is 0. The predicted molar refractivity (Wildman–Crippen MR) is 72.2 cm³/mol. The van der Waals surface area contributed by atoms with Gasteiger partial charge in [0.1, 0.15) is 11.8 Å². The van der Waals surface area contributed by atoms with Gasteiger partial charge in [-0.25, -0.2) is 15.0 Å². The molecule has 0 saturated carbocycles. The van der Waals surface area contributed by atoms with Gasteiger partial charge in [0.05, 0.1) is 12.0 Å². The number of aliphatic hydroxyl groups excluding tert-OH is 1. The lowest BCUT2D eigenvalue weighted by Gasteiger charge is -2.01. The number of aryl methyl sites for hydroxylation is 2. The van der Waals surface area contributed by atoms with E-state index in [1.807, 2.05) is 19.9 Å². The largest absolute Gasteiger partial charge is 0.432 e. The molecule has 0 aliphatic carbocycles. The maximum absolute atomic E-state index is 8.86. The van der Waals surface area contributed by atoms with Gasteiger partial charge in [0.25, 0.3) is 0 Å². The van der Waals surface area contributed by atoms with Crippen molar-refractivity contribution in [1.82, 2.24) is 15.0 Å². The highest BCUT2D eigenvalue weighted by Gasteiger charge is 2.14. The van der Waals surface area contributed by atoms with Gasteiger partial charge >= 0.3 is 0 Å². The Balaban J connectivity index is 2.27. The van der Waals surface area contributed by atoms with Crippen LogP contribution in [0, 0.1) is 13.8 Å². The number of anilines is 1. The van der Waals surface area contributed by atoms with Crippen LogP contribution in [0.5, 0.6) is 0 Å². The molecular weight excluding hydrogens is 244 g/mol. The average Bonchev–Trinajstić information content (AvgIpc) is 2.75. The highest BCUT2D eigenvalue weighted by molar-refractivity contribution is 6.04. The van der Waals surface area contributed by atoms with Crippen molar-refractivity contribution in [1.29, 1.82) is 0 Å². The molecule has 6 heteroatoms. The second kappa shape index (κ2) is 4.47. The van der Waals surface area contributed by atoms with Crippen LogP contribution in [0.25, 0.3) is 22.2 Å². The molecule has 19 heavy (non-hydrogen) atoms. The predicted octanol–water partition coefficient (Wildman–Crippen LogP) is 1.79. The lowest BCUT2D eigenvalue weighted by atomic mass is 10.2. The van der Waals surface area contributed by atoms with Crippen LogP contribution >= 0.6 is 0 Å². The Labute approximate surface area is 109 Å². The molecule has 0 saturated heterocycles. The molecule has 98 valence electrons. The standard InChI is InChI=1S/C13H14N4O2/c1-7-5-9-10-11(19-13(9)17-8(7)2)12(14-3-4-18)16-6-15-10/h5-6,18H,3-4H2,1-2H3,(H,14,15,16). The number of aromatic nitrogens is 3. The summed E-state index contributed by atoms with van der Waals surface area (Å²) in [6, 6.07) is 2.02. The average molecular weight is 258 g/mol. The summed E-state index contributed by atoms with van der Waals surface area (Å²) < 4.78 is 5.74. The number of nitrogens with zero attached hydrogens (tertiary/aromatic N) is 3. The van der Waals surface area contributed by atoms with Gasteiger partial charge in [0, 0.05) is 12.2 Å². The van der Waals surface area contributed by atoms with E-state index in [1.165, 1.54) is 6.33 Å². The molecule has 6 nitrogen and oxygen atoms in total. The second-order valence-corrected chi connectivity index (χ2v) is 4.40. The minimum atomic E-state index is 0.0300. The smallest absolute Gasteiger partial charge is 0.229 e. The molecule has 3 aromatic heterocycles. The SMILES string of the molecule is Cc1cc2c(nc1C)oc1c(NCCO)ncnc12. The Morgan fingerprint density at radius 3 is 2.95 bits per heavy atom. The minimum Gasteiger partial charge on any atom is -0.432 e. The fourth-order valence-corrected chi connectivity index (χ4v) is 1.99. The Morgan fingerprint density at radius 1 is 1.32 bits per heavy atom. The number of hydrogen-bond acceptors (Lipinski definition) is 6. The van der Waals surface area contributed by atoms with Crippen LogP contribution in [0.2, 0.25) is 0 Å². The number of nitrogens with one attached hydrogen (secondary N) is 1. The lowest BCUT2D eigenvalue weighted by Crippen LogP contribution is -2.07. The van der Waals surface area contributed by atoms with Crippen molar-refractivity contribution in [3.05, 3.63) is 23.7 Å². The highest BCUT2D eigenvalue weighted by Crippen LogP contribution is 2.30. The van der Waals surface area contributed by atoms with E-state index in [0.717, 1.165) is 22.2 Å². The van der Waals surface area contributed by atoms with Crippen molar-refractivity contribution < 1.29 is 9.52 Å². The molecular formula is C13H14N4O2. The van der Waals surface area contributed by atoms with Crippen molar-refractivity contribution in [3.8, 4) is 0 Å². The number of fused-ring (bicyclic) bond motifs is 3. The molecule has 0 bridgehead atoms. The third kappa shape index (κ3) is 1.90. The van der Waals surface area contributed by atoms with Gasteiger partial charge in [-0.05, 0) is 25.5 Å². The molecule has 0 spiro atoms. The van der Waals surface area contributed by atoms with Crippen LogP contribution in [-0.4, -0.2) is 33.2 Å². The molecule has 0 amide bonds. The highest BCUT2D eigenvalue weighted by atomic mass is 16.3. The van der Waals surface area contributed by atoms with Crippen LogP contribution < -0.4 is 5.32 Å². The lowest BCUT2D eigenvalue weighted by molar-refractivity contribution is 0.311. The first-order valence-corrected chi connectivity index (χ1v) is 6.07. The fourth-order valence-electron chi connectivity index (χ4n) is 1.99. The zero-order chi connectivity index (χ0) is 13.4. The van der Waals surface area contributed by atoms with Crippen LogP contribution in [0.4, 0.5) is 5.82 Å². The number of rotatable bonds is 3. The summed E-state index contributed by atoms with van der Waals surface area (Å²) in [4.78, 5) is 12.8. The maximum atomic E-state index is 8.86. The second-order valence-electron chi connectivity index (χ2n) is 4.40. The topological polar surface area (TPSA) is 84.1 Å². The Kier molecular flexibility index (Phi) is 2.79. The Hall–Kier alpha value is -2.21. The minimum absolute atomic E-state index is 0.0300. The molecule has 3 heterocycles. The fraction of sp³-hybridized carbons (Fsp3) is 0.308.